The molecule has 0 aliphatic rings. The predicted octanol–water partition coefficient (Wildman–Crippen LogP) is 3.66. The van der Waals surface area contributed by atoms with Gasteiger partial charge in [-0.05, 0) is 37.1 Å². The maximum absolute atomic E-state index is 3.55. The lowest BCUT2D eigenvalue weighted by Gasteiger charge is -2.14. The molecule has 0 saturated carbocycles. The van der Waals surface area contributed by atoms with Crippen LogP contribution in [0.25, 0.3) is 0 Å². The molecule has 14 heavy (non-hydrogen) atoms. The molecule has 0 aliphatic carbocycles. The molecule has 0 radical (unpaired) electrons. The fourth-order valence-corrected chi connectivity index (χ4v) is 2.03. The Hall–Kier alpha value is -0.340. The van der Waals surface area contributed by atoms with Crippen LogP contribution in [0.2, 0.25) is 0 Å². The van der Waals surface area contributed by atoms with E-state index in [1.165, 1.54) is 17.7 Å². The van der Waals surface area contributed by atoms with E-state index < -0.39 is 0 Å². The zero-order chi connectivity index (χ0) is 10.4. The predicted molar refractivity (Wildman–Crippen MR) is 64.7 cm³/mol. The fourth-order valence-electron chi connectivity index (χ4n) is 1.37. The van der Waals surface area contributed by atoms with Crippen LogP contribution in [0.5, 0.6) is 0 Å². The van der Waals surface area contributed by atoms with Gasteiger partial charge in [0.05, 0.1) is 0 Å². The van der Waals surface area contributed by atoms with Gasteiger partial charge in [-0.1, -0.05) is 19.9 Å². The summed E-state index contributed by atoms with van der Waals surface area (Å²) in [6.07, 6.45) is 2.60. The molecule has 0 aromatic carbocycles. The summed E-state index contributed by atoms with van der Waals surface area (Å²) < 4.78 is 0. The van der Waals surface area contributed by atoms with Crippen LogP contribution in [-0.4, -0.2) is 6.04 Å². The normalized spacial score (nSPS) is 13.4. The Morgan fingerprint density at radius 1 is 1.29 bits per heavy atom. The van der Waals surface area contributed by atoms with Crippen molar-refractivity contribution in [1.82, 2.24) is 5.32 Å². The van der Waals surface area contributed by atoms with Crippen LogP contribution < -0.4 is 5.32 Å². The lowest BCUT2D eigenvalue weighted by atomic mass is 10.0. The van der Waals surface area contributed by atoms with Gasteiger partial charge < -0.3 is 5.32 Å². The van der Waals surface area contributed by atoms with Crippen LogP contribution in [0.15, 0.2) is 17.5 Å². The Bertz CT molecular complexity index is 228. The minimum Gasteiger partial charge on any atom is -0.309 e. The van der Waals surface area contributed by atoms with Crippen molar-refractivity contribution in [2.45, 2.75) is 46.2 Å². The average molecular weight is 211 g/mol. The minimum absolute atomic E-state index is 0.638. The van der Waals surface area contributed by atoms with E-state index in [1.54, 1.807) is 0 Å². The summed E-state index contributed by atoms with van der Waals surface area (Å²) in [6.45, 7) is 7.87. The van der Waals surface area contributed by atoms with Crippen molar-refractivity contribution in [1.29, 1.82) is 0 Å². The summed E-state index contributed by atoms with van der Waals surface area (Å²) in [5.74, 6) is 0.820. The van der Waals surface area contributed by atoms with E-state index in [2.05, 4.69) is 43.6 Å². The first-order valence-corrected chi connectivity index (χ1v) is 6.32. The maximum atomic E-state index is 3.55. The summed E-state index contributed by atoms with van der Waals surface area (Å²) in [7, 11) is 0. The van der Waals surface area contributed by atoms with E-state index in [-0.39, 0.29) is 0 Å². The monoisotopic (exact) mass is 211 g/mol. The van der Waals surface area contributed by atoms with Gasteiger partial charge in [-0.15, -0.1) is 11.3 Å². The Balaban J connectivity index is 2.12. The number of thiophene rings is 1. The van der Waals surface area contributed by atoms with Crippen molar-refractivity contribution >= 4 is 11.3 Å². The van der Waals surface area contributed by atoms with Crippen molar-refractivity contribution in [3.63, 3.8) is 0 Å². The van der Waals surface area contributed by atoms with Crippen molar-refractivity contribution in [3.05, 3.63) is 22.4 Å². The van der Waals surface area contributed by atoms with Crippen molar-refractivity contribution in [2.75, 3.05) is 0 Å². The third-order valence-corrected chi connectivity index (χ3v) is 3.26. The molecule has 2 heteroatoms. The standard InChI is InChI=1S/C12H21NS/c1-10(2)6-7-11(3)13-9-12-5-4-8-14-12/h4-5,8,10-11,13H,6-7,9H2,1-3H3/t11-/m1/s1. The summed E-state index contributed by atoms with van der Waals surface area (Å²) in [6, 6.07) is 4.94. The van der Waals surface area contributed by atoms with Crippen molar-refractivity contribution < 1.29 is 0 Å². The highest BCUT2D eigenvalue weighted by Crippen LogP contribution is 2.10. The van der Waals surface area contributed by atoms with Crippen LogP contribution in [-0.2, 0) is 6.54 Å². The topological polar surface area (TPSA) is 12.0 Å². The smallest absolute Gasteiger partial charge is 0.0302 e. The average Bonchev–Trinajstić information content (AvgIpc) is 2.63. The molecule has 1 rings (SSSR count). The highest BCUT2D eigenvalue weighted by atomic mass is 32.1. The van der Waals surface area contributed by atoms with Crippen molar-refractivity contribution in [3.8, 4) is 0 Å². The summed E-state index contributed by atoms with van der Waals surface area (Å²) >= 11 is 1.83. The molecule has 0 bridgehead atoms. The van der Waals surface area contributed by atoms with E-state index in [4.69, 9.17) is 0 Å². The Kier molecular flexibility index (Phi) is 5.20. The van der Waals surface area contributed by atoms with Crippen LogP contribution >= 0.6 is 11.3 Å². The van der Waals surface area contributed by atoms with Gasteiger partial charge in [0.15, 0.2) is 0 Å². The lowest BCUT2D eigenvalue weighted by Crippen LogP contribution is -2.25. The van der Waals surface area contributed by atoms with Crippen molar-refractivity contribution in [2.24, 2.45) is 5.92 Å². The largest absolute Gasteiger partial charge is 0.309 e. The van der Waals surface area contributed by atoms with E-state index in [9.17, 15) is 0 Å². The molecule has 0 saturated heterocycles. The highest BCUT2D eigenvalue weighted by molar-refractivity contribution is 7.09. The zero-order valence-electron chi connectivity index (χ0n) is 9.42. The number of nitrogens with one attached hydrogen (secondary N) is 1. The molecule has 1 aromatic rings. The first-order chi connectivity index (χ1) is 6.68. The number of hydrogen-bond acceptors (Lipinski definition) is 2. The highest BCUT2D eigenvalue weighted by Gasteiger charge is 2.03. The van der Waals surface area contributed by atoms with Crippen LogP contribution in [0.1, 0.15) is 38.5 Å². The van der Waals surface area contributed by atoms with E-state index in [0.29, 0.717) is 6.04 Å². The third-order valence-electron chi connectivity index (χ3n) is 2.38. The Morgan fingerprint density at radius 3 is 2.64 bits per heavy atom. The third kappa shape index (κ3) is 4.77. The summed E-state index contributed by atoms with van der Waals surface area (Å²) in [5.41, 5.74) is 0. The van der Waals surface area contributed by atoms with Gasteiger partial charge >= 0.3 is 0 Å². The first kappa shape index (κ1) is 11.7. The SMILES string of the molecule is CC(C)CC[C@@H](C)NCc1cccs1. The molecule has 0 fully saturated rings. The van der Waals surface area contributed by atoms with Crippen LogP contribution in [0.4, 0.5) is 0 Å². The molecule has 1 N–H and O–H groups in total. The maximum Gasteiger partial charge on any atom is 0.0302 e. The van der Waals surface area contributed by atoms with Gasteiger partial charge in [0, 0.05) is 17.5 Å². The Morgan fingerprint density at radius 2 is 2.07 bits per heavy atom. The molecule has 1 nitrogen and oxygen atoms in total. The van der Waals surface area contributed by atoms with Gasteiger partial charge in [-0.2, -0.15) is 0 Å². The first-order valence-electron chi connectivity index (χ1n) is 5.44. The Labute approximate surface area is 91.5 Å². The quantitative estimate of drug-likeness (QED) is 0.757. The summed E-state index contributed by atoms with van der Waals surface area (Å²) in [4.78, 5) is 1.43. The molecular formula is C12H21NS. The molecular weight excluding hydrogens is 190 g/mol. The van der Waals surface area contributed by atoms with Gasteiger partial charge in [-0.3, -0.25) is 0 Å². The van der Waals surface area contributed by atoms with E-state index in [1.807, 2.05) is 11.3 Å². The lowest BCUT2D eigenvalue weighted by molar-refractivity contribution is 0.452. The second kappa shape index (κ2) is 6.20. The second-order valence-electron chi connectivity index (χ2n) is 4.33. The van der Waals surface area contributed by atoms with Gasteiger partial charge in [0.25, 0.3) is 0 Å². The number of hydrogen-bond donors (Lipinski definition) is 1. The molecule has 1 aromatic heterocycles. The number of rotatable bonds is 6. The van der Waals surface area contributed by atoms with Crippen LogP contribution in [0.3, 0.4) is 0 Å². The van der Waals surface area contributed by atoms with Gasteiger partial charge in [0.2, 0.25) is 0 Å². The van der Waals surface area contributed by atoms with Crippen LogP contribution in [0, 0.1) is 5.92 Å². The molecule has 1 heterocycles. The minimum atomic E-state index is 0.638. The molecule has 1 atom stereocenters. The molecule has 0 amide bonds. The molecule has 0 spiro atoms. The second-order valence-corrected chi connectivity index (χ2v) is 5.36. The van der Waals surface area contributed by atoms with Gasteiger partial charge in [-0.25, -0.2) is 0 Å². The van der Waals surface area contributed by atoms with E-state index >= 15 is 0 Å². The molecule has 0 aliphatic heterocycles. The fraction of sp³-hybridized carbons (Fsp3) is 0.667. The zero-order valence-corrected chi connectivity index (χ0v) is 10.2. The van der Waals surface area contributed by atoms with E-state index in [0.717, 1.165) is 12.5 Å². The van der Waals surface area contributed by atoms with Gasteiger partial charge in [0.1, 0.15) is 0 Å². The summed E-state index contributed by atoms with van der Waals surface area (Å²) in [5, 5.41) is 5.69. The molecule has 0 unspecified atom stereocenters. The molecule has 80 valence electrons.